The summed E-state index contributed by atoms with van der Waals surface area (Å²) in [4.78, 5) is 38.1. The van der Waals surface area contributed by atoms with Crippen molar-refractivity contribution in [2.45, 2.75) is 64.1 Å². The molecule has 3 heterocycles. The highest BCUT2D eigenvalue weighted by molar-refractivity contribution is 5.91. The molecule has 2 aromatic rings. The molecular weight excluding hydrogens is 386 g/mol. The Kier molecular flexibility index (Phi) is 6.41. The average molecular weight is 415 g/mol. The molecule has 3 N–H and O–H groups in total. The monoisotopic (exact) mass is 415 g/mol. The lowest BCUT2D eigenvalue weighted by Crippen LogP contribution is -2.45. The molecule has 2 amide bonds. The van der Waals surface area contributed by atoms with Gasteiger partial charge in [-0.25, -0.2) is 4.98 Å². The first-order valence-corrected chi connectivity index (χ1v) is 10.7. The number of rotatable bonds is 10. The van der Waals surface area contributed by atoms with Gasteiger partial charge in [0.25, 0.3) is 5.91 Å². The number of carbonyl (C=O) groups is 2. The maximum atomic E-state index is 12.5. The van der Waals surface area contributed by atoms with Crippen LogP contribution in [0.4, 0.5) is 0 Å². The lowest BCUT2D eigenvalue weighted by Gasteiger charge is -2.30. The zero-order valence-corrected chi connectivity index (χ0v) is 17.3. The molecule has 162 valence electrons. The summed E-state index contributed by atoms with van der Waals surface area (Å²) < 4.78 is 5.13. The summed E-state index contributed by atoms with van der Waals surface area (Å²) in [5.41, 5.74) is 0.463. The summed E-state index contributed by atoms with van der Waals surface area (Å²) in [7, 11) is 0. The zero-order chi connectivity index (χ0) is 20.9. The van der Waals surface area contributed by atoms with Gasteiger partial charge >= 0.3 is 0 Å². The van der Waals surface area contributed by atoms with Gasteiger partial charge < -0.3 is 20.1 Å². The first kappa shape index (κ1) is 20.5. The van der Waals surface area contributed by atoms with Crippen LogP contribution in [0.25, 0.3) is 0 Å². The first-order chi connectivity index (χ1) is 14.6. The largest absolute Gasteiger partial charge is 0.349 e. The zero-order valence-electron chi connectivity index (χ0n) is 17.3. The molecule has 4 rings (SSSR count). The molecule has 30 heavy (non-hydrogen) atoms. The molecule has 2 aromatic heterocycles. The third-order valence-electron chi connectivity index (χ3n) is 5.86. The minimum Gasteiger partial charge on any atom is -0.349 e. The standard InChI is InChI=1S/C20H29N7O3/c1-2-17-25-19(30-26-17)10-22-18(28)7-14-5-6-15(27(14)11-13-3-4-13)8-23-20(29)16-9-21-12-24-16/h9,12-15H,2-8,10-11H2,1H3,(H,21,24)(H,22,28)(H,23,29)/t14-,15+/m1/s1. The topological polar surface area (TPSA) is 129 Å². The molecule has 0 bridgehead atoms. The number of nitrogens with one attached hydrogen (secondary N) is 3. The van der Waals surface area contributed by atoms with Crippen molar-refractivity contribution >= 4 is 11.8 Å². The molecule has 1 aliphatic carbocycles. The van der Waals surface area contributed by atoms with E-state index in [4.69, 9.17) is 4.52 Å². The van der Waals surface area contributed by atoms with Gasteiger partial charge in [0.1, 0.15) is 5.69 Å². The number of hydrogen-bond acceptors (Lipinski definition) is 7. The highest BCUT2D eigenvalue weighted by atomic mass is 16.5. The Morgan fingerprint density at radius 3 is 2.77 bits per heavy atom. The lowest BCUT2D eigenvalue weighted by molar-refractivity contribution is -0.122. The van der Waals surface area contributed by atoms with Crippen LogP contribution in [-0.2, 0) is 17.8 Å². The Morgan fingerprint density at radius 2 is 2.07 bits per heavy atom. The van der Waals surface area contributed by atoms with Crippen molar-refractivity contribution in [1.29, 1.82) is 0 Å². The van der Waals surface area contributed by atoms with Crippen molar-refractivity contribution < 1.29 is 14.1 Å². The number of likely N-dealkylation sites (tertiary alicyclic amines) is 1. The Balaban J connectivity index is 1.28. The van der Waals surface area contributed by atoms with Crippen molar-refractivity contribution in [2.24, 2.45) is 5.92 Å². The van der Waals surface area contributed by atoms with Crippen LogP contribution in [0.15, 0.2) is 17.0 Å². The molecule has 10 nitrogen and oxygen atoms in total. The van der Waals surface area contributed by atoms with Crippen LogP contribution in [0.3, 0.4) is 0 Å². The van der Waals surface area contributed by atoms with Crippen LogP contribution in [0.5, 0.6) is 0 Å². The van der Waals surface area contributed by atoms with E-state index in [9.17, 15) is 9.59 Å². The second-order valence-corrected chi connectivity index (χ2v) is 8.14. The number of aromatic amines is 1. The third kappa shape index (κ3) is 5.24. The smallest absolute Gasteiger partial charge is 0.269 e. The van der Waals surface area contributed by atoms with Crippen LogP contribution in [-0.4, -0.2) is 62.0 Å². The third-order valence-corrected chi connectivity index (χ3v) is 5.86. The quantitative estimate of drug-likeness (QED) is 0.529. The second kappa shape index (κ2) is 9.38. The van der Waals surface area contributed by atoms with E-state index >= 15 is 0 Å². The van der Waals surface area contributed by atoms with E-state index in [-0.39, 0.29) is 30.4 Å². The molecule has 1 saturated carbocycles. The second-order valence-electron chi connectivity index (χ2n) is 8.14. The Bertz CT molecular complexity index is 846. The van der Waals surface area contributed by atoms with E-state index < -0.39 is 0 Å². The fourth-order valence-electron chi connectivity index (χ4n) is 4.00. The van der Waals surface area contributed by atoms with Gasteiger partial charge in [-0.05, 0) is 31.6 Å². The van der Waals surface area contributed by atoms with Crippen LogP contribution < -0.4 is 10.6 Å². The first-order valence-electron chi connectivity index (χ1n) is 10.7. The van der Waals surface area contributed by atoms with E-state index in [1.54, 1.807) is 0 Å². The summed E-state index contributed by atoms with van der Waals surface area (Å²) in [6.07, 6.45) is 8.57. The normalized spacial score (nSPS) is 21.6. The molecule has 2 aliphatic rings. The molecule has 1 aliphatic heterocycles. The SMILES string of the molecule is CCc1noc(CNC(=O)C[C@H]2CC[C@@H](CNC(=O)c3cnc[nH]3)N2CC2CC2)n1. The highest BCUT2D eigenvalue weighted by Crippen LogP contribution is 2.35. The minimum atomic E-state index is -0.147. The summed E-state index contributed by atoms with van der Waals surface area (Å²) in [5.74, 6) is 1.63. The van der Waals surface area contributed by atoms with Crippen LogP contribution in [0.2, 0.25) is 0 Å². The van der Waals surface area contributed by atoms with Crippen molar-refractivity contribution in [3.05, 3.63) is 29.9 Å². The van der Waals surface area contributed by atoms with Crippen molar-refractivity contribution in [3.8, 4) is 0 Å². The maximum absolute atomic E-state index is 12.5. The Labute approximate surface area is 175 Å². The van der Waals surface area contributed by atoms with E-state index in [0.717, 1.165) is 19.4 Å². The summed E-state index contributed by atoms with van der Waals surface area (Å²) in [6.45, 7) is 3.77. The molecule has 0 radical (unpaired) electrons. The van der Waals surface area contributed by atoms with Crippen molar-refractivity contribution in [2.75, 3.05) is 13.1 Å². The van der Waals surface area contributed by atoms with Crippen LogP contribution >= 0.6 is 0 Å². The van der Waals surface area contributed by atoms with Gasteiger partial charge in [0.15, 0.2) is 5.82 Å². The highest BCUT2D eigenvalue weighted by Gasteiger charge is 2.38. The fraction of sp³-hybridized carbons (Fsp3) is 0.650. The van der Waals surface area contributed by atoms with E-state index in [2.05, 4.69) is 35.6 Å². The van der Waals surface area contributed by atoms with Gasteiger partial charge in [-0.15, -0.1) is 0 Å². The molecule has 10 heteroatoms. The molecule has 2 fully saturated rings. The molecular formula is C20H29N7O3. The lowest BCUT2D eigenvalue weighted by atomic mass is 10.1. The number of aryl methyl sites for hydroxylation is 1. The number of hydrogen-bond donors (Lipinski definition) is 3. The van der Waals surface area contributed by atoms with Gasteiger partial charge in [0, 0.05) is 38.0 Å². The molecule has 1 saturated heterocycles. The number of nitrogens with zero attached hydrogens (tertiary/aromatic N) is 4. The average Bonchev–Trinajstić information content (AvgIpc) is 3.15. The molecule has 0 spiro atoms. The number of imidazole rings is 1. The molecule has 0 aromatic carbocycles. The van der Waals surface area contributed by atoms with E-state index in [1.165, 1.54) is 25.4 Å². The van der Waals surface area contributed by atoms with Gasteiger partial charge in [0.05, 0.1) is 19.1 Å². The molecule has 0 unspecified atom stereocenters. The number of aromatic nitrogens is 4. The summed E-state index contributed by atoms with van der Waals surface area (Å²) >= 11 is 0. The number of carbonyl (C=O) groups excluding carboxylic acids is 2. The van der Waals surface area contributed by atoms with E-state index in [0.29, 0.717) is 42.7 Å². The van der Waals surface area contributed by atoms with Crippen LogP contribution in [0, 0.1) is 5.92 Å². The molecule has 2 atom stereocenters. The van der Waals surface area contributed by atoms with Gasteiger partial charge in [-0.3, -0.25) is 14.5 Å². The summed E-state index contributed by atoms with van der Waals surface area (Å²) in [5, 5.41) is 9.74. The van der Waals surface area contributed by atoms with E-state index in [1.807, 2.05) is 6.92 Å². The summed E-state index contributed by atoms with van der Waals surface area (Å²) in [6, 6.07) is 0.437. The van der Waals surface area contributed by atoms with Crippen molar-refractivity contribution in [1.82, 2.24) is 35.6 Å². The minimum absolute atomic E-state index is 0.0146. The predicted molar refractivity (Wildman–Crippen MR) is 107 cm³/mol. The van der Waals surface area contributed by atoms with Crippen molar-refractivity contribution in [3.63, 3.8) is 0 Å². The Hall–Kier alpha value is -2.75. The Morgan fingerprint density at radius 1 is 1.23 bits per heavy atom. The number of H-pyrrole nitrogens is 1. The fourth-order valence-corrected chi connectivity index (χ4v) is 4.00. The van der Waals surface area contributed by atoms with Gasteiger partial charge in [-0.1, -0.05) is 12.1 Å². The predicted octanol–water partition coefficient (Wildman–Crippen LogP) is 1.03. The van der Waals surface area contributed by atoms with Gasteiger partial charge in [0.2, 0.25) is 11.8 Å². The number of amides is 2. The maximum Gasteiger partial charge on any atom is 0.269 e. The van der Waals surface area contributed by atoms with Crippen LogP contribution in [0.1, 0.15) is 61.2 Å². The van der Waals surface area contributed by atoms with Gasteiger partial charge in [-0.2, -0.15) is 4.98 Å².